The number of nitrogens with one attached hydrogen (secondary N) is 1. The van der Waals surface area contributed by atoms with Gasteiger partial charge in [-0.15, -0.1) is 0 Å². The summed E-state index contributed by atoms with van der Waals surface area (Å²) < 4.78 is 62.9. The van der Waals surface area contributed by atoms with Crippen molar-refractivity contribution in [3.05, 3.63) is 24.3 Å². The van der Waals surface area contributed by atoms with Crippen LogP contribution in [0.2, 0.25) is 0 Å². The summed E-state index contributed by atoms with van der Waals surface area (Å²) >= 11 is 0. The van der Waals surface area contributed by atoms with Gasteiger partial charge < -0.3 is 14.8 Å². The van der Waals surface area contributed by atoms with E-state index >= 15 is 0 Å². The number of amides is 1. The lowest BCUT2D eigenvalue weighted by molar-refractivity contribution is -0.187. The van der Waals surface area contributed by atoms with Gasteiger partial charge in [0.2, 0.25) is 5.91 Å². The van der Waals surface area contributed by atoms with Crippen LogP contribution in [0.4, 0.5) is 5.69 Å². The summed E-state index contributed by atoms with van der Waals surface area (Å²) in [5, 5.41) is 1.56. The number of carbonyl (C=O) groups excluding carboxylic acids is 1. The summed E-state index contributed by atoms with van der Waals surface area (Å²) in [6.07, 6.45) is 1.17. The number of rotatable bonds is 4. The predicted molar refractivity (Wildman–Crippen MR) is 110 cm³/mol. The van der Waals surface area contributed by atoms with Crippen LogP contribution in [0, 0.1) is 0 Å². The molecule has 3 aliphatic rings. The van der Waals surface area contributed by atoms with Crippen LogP contribution in [0.15, 0.2) is 29.2 Å². The smallest absolute Gasteiger partial charge is 0.221 e. The van der Waals surface area contributed by atoms with Gasteiger partial charge in [0.05, 0.1) is 34.9 Å². The van der Waals surface area contributed by atoms with Crippen molar-refractivity contribution in [1.29, 1.82) is 0 Å². The first-order valence-corrected chi connectivity index (χ1v) is 13.3. The fourth-order valence-electron chi connectivity index (χ4n) is 4.52. The number of hydrogen-bond donors (Lipinski definition) is 1. The van der Waals surface area contributed by atoms with Gasteiger partial charge in [-0.2, -0.15) is 0 Å². The average molecular weight is 459 g/mol. The van der Waals surface area contributed by atoms with Crippen molar-refractivity contribution < 1.29 is 31.1 Å². The minimum atomic E-state index is -3.88. The molecule has 9 nitrogen and oxygen atoms in total. The van der Waals surface area contributed by atoms with Crippen LogP contribution in [0.5, 0.6) is 0 Å². The Morgan fingerprint density at radius 3 is 2.27 bits per heavy atom. The summed E-state index contributed by atoms with van der Waals surface area (Å²) in [6, 6.07) is 5.23. The van der Waals surface area contributed by atoms with Crippen molar-refractivity contribution in [3.8, 4) is 0 Å². The highest BCUT2D eigenvalue weighted by molar-refractivity contribution is 7.96. The van der Waals surface area contributed by atoms with Crippen LogP contribution in [0.1, 0.15) is 19.8 Å². The molecule has 1 aromatic rings. The molecule has 1 amide bonds. The first kappa shape index (κ1) is 21.7. The van der Waals surface area contributed by atoms with E-state index in [9.17, 15) is 21.6 Å². The fraction of sp³-hybridized carbons (Fsp3) is 0.632. The third-order valence-corrected chi connectivity index (χ3v) is 10.2. The largest absolute Gasteiger partial charge is 0.347 e. The lowest BCUT2D eigenvalue weighted by Gasteiger charge is -2.41. The second-order valence-corrected chi connectivity index (χ2v) is 12.4. The second kappa shape index (κ2) is 7.86. The molecule has 1 spiro atoms. The summed E-state index contributed by atoms with van der Waals surface area (Å²) in [5.41, 5.74) is 0.481. The number of ether oxygens (including phenoxy) is 2. The Bertz CT molecular complexity index is 1010. The maximum absolute atomic E-state index is 13.3. The molecule has 0 unspecified atom stereocenters. The van der Waals surface area contributed by atoms with E-state index in [1.54, 1.807) is 0 Å². The molecule has 166 valence electrons. The quantitative estimate of drug-likeness (QED) is 0.690. The number of likely N-dealkylation sites (tertiary alicyclic amines) is 1. The van der Waals surface area contributed by atoms with Crippen LogP contribution in [-0.4, -0.2) is 82.5 Å². The Morgan fingerprint density at radius 1 is 1.10 bits per heavy atom. The van der Waals surface area contributed by atoms with E-state index in [-0.39, 0.29) is 22.3 Å². The maximum Gasteiger partial charge on any atom is 0.221 e. The monoisotopic (exact) mass is 458 g/mol. The lowest BCUT2D eigenvalue weighted by Crippen LogP contribution is -2.53. The Labute approximate surface area is 176 Å². The Kier molecular flexibility index (Phi) is 5.69. The molecule has 4 rings (SSSR count). The minimum absolute atomic E-state index is 0.0552. The molecule has 3 saturated heterocycles. The molecule has 1 N–H and O–H groups in total. The van der Waals surface area contributed by atoms with Gasteiger partial charge in [-0.1, -0.05) is 0 Å². The zero-order valence-electron chi connectivity index (χ0n) is 16.7. The van der Waals surface area contributed by atoms with Crippen molar-refractivity contribution in [2.75, 3.05) is 43.1 Å². The molecule has 0 saturated carbocycles. The molecule has 0 aliphatic carbocycles. The van der Waals surface area contributed by atoms with Gasteiger partial charge >= 0.3 is 0 Å². The first-order valence-electron chi connectivity index (χ1n) is 9.94. The molecular weight excluding hydrogens is 432 g/mol. The standard InChI is InChI=1S/C19H26N2O7S2/c1-14(22)20-15-2-4-16(5-3-15)30(25,26)18-13-29(23,24)12-17(18)21-8-6-19(7-9-21)27-10-11-28-19/h2-5,17-18H,6-13H2,1H3,(H,20,22)/t17-,18-/m1/s1. The number of benzene rings is 1. The highest BCUT2D eigenvalue weighted by Crippen LogP contribution is 2.36. The van der Waals surface area contributed by atoms with Crippen molar-refractivity contribution in [1.82, 2.24) is 4.90 Å². The lowest BCUT2D eigenvalue weighted by atomic mass is 10.0. The van der Waals surface area contributed by atoms with E-state index < -0.39 is 36.8 Å². The molecule has 3 heterocycles. The molecule has 0 bridgehead atoms. The Morgan fingerprint density at radius 2 is 1.70 bits per heavy atom. The summed E-state index contributed by atoms with van der Waals surface area (Å²) in [5.74, 6) is -1.43. The van der Waals surface area contributed by atoms with E-state index in [1.807, 2.05) is 4.90 Å². The third kappa shape index (κ3) is 4.26. The van der Waals surface area contributed by atoms with Gasteiger partial charge in [0.25, 0.3) is 0 Å². The summed E-state index contributed by atoms with van der Waals surface area (Å²) in [7, 11) is -7.35. The van der Waals surface area contributed by atoms with Crippen molar-refractivity contribution >= 4 is 31.3 Å². The van der Waals surface area contributed by atoms with Crippen LogP contribution in [-0.2, 0) is 33.9 Å². The van der Waals surface area contributed by atoms with E-state index in [4.69, 9.17) is 9.47 Å². The number of nitrogens with zero attached hydrogens (tertiary/aromatic N) is 1. The maximum atomic E-state index is 13.3. The molecule has 11 heteroatoms. The van der Waals surface area contributed by atoms with E-state index in [1.165, 1.54) is 31.2 Å². The van der Waals surface area contributed by atoms with Gasteiger partial charge in [0.1, 0.15) is 0 Å². The number of carbonyl (C=O) groups is 1. The van der Waals surface area contributed by atoms with Gasteiger partial charge in [0.15, 0.2) is 25.5 Å². The molecule has 3 aliphatic heterocycles. The minimum Gasteiger partial charge on any atom is -0.347 e. The van der Waals surface area contributed by atoms with E-state index in [2.05, 4.69) is 5.32 Å². The first-order chi connectivity index (χ1) is 14.1. The van der Waals surface area contributed by atoms with E-state index in [0.717, 1.165) is 0 Å². The van der Waals surface area contributed by atoms with Gasteiger partial charge in [0, 0.05) is 44.6 Å². The summed E-state index contributed by atoms with van der Waals surface area (Å²) in [4.78, 5) is 13.2. The molecule has 2 atom stereocenters. The average Bonchev–Trinajstić information content (AvgIpc) is 3.27. The normalized spacial score (nSPS) is 28.6. The molecule has 0 radical (unpaired) electrons. The van der Waals surface area contributed by atoms with Crippen LogP contribution >= 0.6 is 0 Å². The zero-order valence-corrected chi connectivity index (χ0v) is 18.4. The predicted octanol–water partition coefficient (Wildman–Crippen LogP) is 0.423. The van der Waals surface area contributed by atoms with Gasteiger partial charge in [-0.05, 0) is 24.3 Å². The van der Waals surface area contributed by atoms with Crippen molar-refractivity contribution in [2.45, 2.75) is 41.7 Å². The van der Waals surface area contributed by atoms with Crippen molar-refractivity contribution in [2.24, 2.45) is 0 Å². The highest BCUT2D eigenvalue weighted by atomic mass is 32.2. The third-order valence-electron chi connectivity index (χ3n) is 6.02. The topological polar surface area (TPSA) is 119 Å². The van der Waals surface area contributed by atoms with Crippen LogP contribution in [0.25, 0.3) is 0 Å². The van der Waals surface area contributed by atoms with Crippen LogP contribution in [0.3, 0.4) is 0 Å². The molecule has 30 heavy (non-hydrogen) atoms. The SMILES string of the molecule is CC(=O)Nc1ccc(S(=O)(=O)[C@@H]2CS(=O)(=O)C[C@H]2N2CCC3(CC2)OCCO3)cc1. The fourth-order valence-corrected chi connectivity index (χ4v) is 9.35. The van der Waals surface area contributed by atoms with Gasteiger partial charge in [-0.25, -0.2) is 16.8 Å². The highest BCUT2D eigenvalue weighted by Gasteiger charge is 2.50. The van der Waals surface area contributed by atoms with Crippen LogP contribution < -0.4 is 5.32 Å². The summed E-state index contributed by atoms with van der Waals surface area (Å²) in [6.45, 7) is 3.50. The Balaban J connectivity index is 1.55. The van der Waals surface area contributed by atoms with Gasteiger partial charge in [-0.3, -0.25) is 9.69 Å². The molecular formula is C19H26N2O7S2. The number of anilines is 1. The molecule has 0 aromatic heterocycles. The number of piperidine rings is 1. The number of sulfone groups is 2. The number of hydrogen-bond acceptors (Lipinski definition) is 8. The zero-order chi connectivity index (χ0) is 21.6. The Hall–Kier alpha value is -1.53. The second-order valence-electron chi connectivity index (χ2n) is 8.08. The molecule has 3 fully saturated rings. The van der Waals surface area contributed by atoms with E-state index in [0.29, 0.717) is 44.8 Å². The molecule has 1 aromatic carbocycles. The van der Waals surface area contributed by atoms with Crippen molar-refractivity contribution in [3.63, 3.8) is 0 Å².